The molecule has 1 aliphatic rings. The summed E-state index contributed by atoms with van der Waals surface area (Å²) in [4.78, 5) is 23.8. The van der Waals surface area contributed by atoms with Crippen LogP contribution in [0.4, 0.5) is 13.2 Å². The van der Waals surface area contributed by atoms with Crippen molar-refractivity contribution in [3.05, 3.63) is 82.6 Å². The number of phenols is 1. The molecule has 0 atom stereocenters. The van der Waals surface area contributed by atoms with Crippen molar-refractivity contribution in [3.8, 4) is 11.4 Å². The maximum absolute atomic E-state index is 12.8. The number of hydrogen-bond acceptors (Lipinski definition) is 4. The van der Waals surface area contributed by atoms with Crippen LogP contribution in [0, 0.1) is 5.92 Å². The molecule has 38 heavy (non-hydrogen) atoms. The molecule has 1 aliphatic heterocycles. The molecule has 11 heteroatoms. The van der Waals surface area contributed by atoms with Gasteiger partial charge in [-0.15, -0.1) is 0 Å². The van der Waals surface area contributed by atoms with Gasteiger partial charge in [0.15, 0.2) is 0 Å². The van der Waals surface area contributed by atoms with Crippen molar-refractivity contribution in [1.82, 2.24) is 14.8 Å². The second-order valence-corrected chi connectivity index (χ2v) is 9.47. The molecule has 0 bridgehead atoms. The quantitative estimate of drug-likeness (QED) is 0.377. The number of carbonyl (C=O) groups excluding carboxylic acids is 1. The number of amides is 1. The summed E-state index contributed by atoms with van der Waals surface area (Å²) >= 11 is 5.84. The highest BCUT2D eigenvalue weighted by molar-refractivity contribution is 6.30. The highest BCUT2D eigenvalue weighted by Gasteiger charge is 2.30. The number of carbonyl (C=O) groups is 2. The van der Waals surface area contributed by atoms with E-state index in [1.165, 1.54) is 18.2 Å². The number of nitrogens with one attached hydrogen (secondary N) is 1. The molecule has 2 aromatic carbocycles. The standard InChI is InChI=1S/C25H25ClF3N3O2.C2H4O2/c26-21-4-1-19(23(33)13-21)14-30-24(34)18-8-10-31(11-9-18)15-17-7-12-32(16-17)22-5-2-20(3-6-22)25(27,28)29;1-2(3)4/h1-7,12-13,16,18,33H,8-11,14-15H2,(H,30,34);1H3,(H,3,4). The predicted molar refractivity (Wildman–Crippen MR) is 137 cm³/mol. The largest absolute Gasteiger partial charge is 0.508 e. The number of phenolic OH excluding ortho intramolecular Hbond substituents is 1. The first-order valence-corrected chi connectivity index (χ1v) is 12.3. The van der Waals surface area contributed by atoms with Crippen LogP contribution in [0.3, 0.4) is 0 Å². The highest BCUT2D eigenvalue weighted by atomic mass is 35.5. The van der Waals surface area contributed by atoms with Gasteiger partial charge in [0.1, 0.15) is 5.75 Å². The van der Waals surface area contributed by atoms with Crippen LogP contribution in [0.15, 0.2) is 60.9 Å². The van der Waals surface area contributed by atoms with E-state index in [-0.39, 0.29) is 24.1 Å². The molecule has 204 valence electrons. The fraction of sp³-hybridized carbons (Fsp3) is 0.333. The normalized spacial score (nSPS) is 14.4. The number of hydrogen-bond donors (Lipinski definition) is 3. The Morgan fingerprint density at radius 2 is 1.71 bits per heavy atom. The van der Waals surface area contributed by atoms with Crippen molar-refractivity contribution in [2.45, 2.75) is 39.0 Å². The summed E-state index contributed by atoms with van der Waals surface area (Å²) in [6.45, 7) is 3.59. The maximum atomic E-state index is 12.8. The summed E-state index contributed by atoms with van der Waals surface area (Å²) in [7, 11) is 0. The summed E-state index contributed by atoms with van der Waals surface area (Å²) < 4.78 is 40.1. The lowest BCUT2D eigenvalue weighted by atomic mass is 9.95. The number of aliphatic carboxylic acids is 1. The average Bonchev–Trinajstić information content (AvgIpc) is 3.31. The number of carboxylic acid groups (broad SMARTS) is 1. The maximum Gasteiger partial charge on any atom is 0.416 e. The van der Waals surface area contributed by atoms with Gasteiger partial charge >= 0.3 is 6.18 Å². The summed E-state index contributed by atoms with van der Waals surface area (Å²) in [5, 5.41) is 20.7. The van der Waals surface area contributed by atoms with Crippen molar-refractivity contribution < 1.29 is 33.0 Å². The average molecular weight is 552 g/mol. The van der Waals surface area contributed by atoms with E-state index >= 15 is 0 Å². The third kappa shape index (κ3) is 8.53. The minimum Gasteiger partial charge on any atom is -0.508 e. The summed E-state index contributed by atoms with van der Waals surface area (Å²) in [5.41, 5.74) is 1.68. The minimum atomic E-state index is -4.35. The van der Waals surface area contributed by atoms with Crippen LogP contribution >= 0.6 is 11.6 Å². The predicted octanol–water partition coefficient (Wildman–Crippen LogP) is 5.47. The number of halogens is 4. The highest BCUT2D eigenvalue weighted by Crippen LogP contribution is 2.30. The van der Waals surface area contributed by atoms with E-state index in [0.717, 1.165) is 50.6 Å². The van der Waals surface area contributed by atoms with Gasteiger partial charge in [0.05, 0.1) is 5.56 Å². The Morgan fingerprint density at radius 1 is 1.08 bits per heavy atom. The molecular formula is C27H29ClF3N3O4. The molecule has 0 radical (unpaired) electrons. The molecule has 1 amide bonds. The van der Waals surface area contributed by atoms with Gasteiger partial charge in [-0.1, -0.05) is 17.7 Å². The fourth-order valence-corrected chi connectivity index (χ4v) is 4.31. The van der Waals surface area contributed by atoms with Gasteiger partial charge in [-0.3, -0.25) is 14.5 Å². The van der Waals surface area contributed by atoms with Crippen molar-refractivity contribution in [2.75, 3.05) is 13.1 Å². The molecule has 7 nitrogen and oxygen atoms in total. The minimum absolute atomic E-state index is 0.0255. The number of aromatic hydroxyl groups is 1. The number of benzene rings is 2. The van der Waals surface area contributed by atoms with E-state index in [0.29, 0.717) is 22.8 Å². The number of piperidine rings is 1. The zero-order valence-electron chi connectivity index (χ0n) is 20.7. The Balaban J connectivity index is 0.000000934. The number of rotatable bonds is 6. The third-order valence-electron chi connectivity index (χ3n) is 6.11. The van der Waals surface area contributed by atoms with Crippen LogP contribution < -0.4 is 5.32 Å². The van der Waals surface area contributed by atoms with Gasteiger partial charge in [-0.05, 0) is 74.0 Å². The zero-order chi connectivity index (χ0) is 27.9. The first-order chi connectivity index (χ1) is 17.9. The summed E-state index contributed by atoms with van der Waals surface area (Å²) in [6.07, 6.45) is 0.876. The number of nitrogens with zero attached hydrogens (tertiary/aromatic N) is 2. The second-order valence-electron chi connectivity index (χ2n) is 9.03. The van der Waals surface area contributed by atoms with Crippen LogP contribution in [0.25, 0.3) is 5.69 Å². The van der Waals surface area contributed by atoms with Crippen LogP contribution in [-0.2, 0) is 28.9 Å². The molecule has 0 spiro atoms. The van der Waals surface area contributed by atoms with Gasteiger partial charge in [0.25, 0.3) is 5.97 Å². The molecule has 3 aromatic rings. The molecule has 3 N–H and O–H groups in total. The lowest BCUT2D eigenvalue weighted by Gasteiger charge is -2.31. The van der Waals surface area contributed by atoms with E-state index in [2.05, 4.69) is 10.2 Å². The Bertz CT molecular complexity index is 1230. The van der Waals surface area contributed by atoms with E-state index in [1.54, 1.807) is 12.1 Å². The first kappa shape index (κ1) is 29.1. The smallest absolute Gasteiger partial charge is 0.416 e. The number of likely N-dealkylation sites (tertiary alicyclic amines) is 1. The van der Waals surface area contributed by atoms with Gasteiger partial charge in [0.2, 0.25) is 5.91 Å². The van der Waals surface area contributed by atoms with Crippen LogP contribution in [0.1, 0.15) is 36.5 Å². The Labute approximate surface area is 223 Å². The number of aromatic nitrogens is 1. The molecule has 1 saturated heterocycles. The zero-order valence-corrected chi connectivity index (χ0v) is 21.5. The first-order valence-electron chi connectivity index (χ1n) is 11.9. The monoisotopic (exact) mass is 551 g/mol. The van der Waals surface area contributed by atoms with Gasteiger partial charge in [-0.25, -0.2) is 0 Å². The van der Waals surface area contributed by atoms with Gasteiger partial charge in [0, 0.05) is 54.6 Å². The Hall–Kier alpha value is -3.50. The fourth-order valence-electron chi connectivity index (χ4n) is 4.14. The second kappa shape index (κ2) is 12.8. The molecule has 1 fully saturated rings. The van der Waals surface area contributed by atoms with Crippen molar-refractivity contribution in [2.24, 2.45) is 5.92 Å². The summed E-state index contributed by atoms with van der Waals surface area (Å²) in [5.74, 6) is -0.879. The molecule has 0 saturated carbocycles. The molecule has 0 unspecified atom stereocenters. The van der Waals surface area contributed by atoms with Gasteiger partial charge < -0.3 is 20.1 Å². The number of carboxylic acids is 1. The molecule has 0 aliphatic carbocycles. The van der Waals surface area contributed by atoms with E-state index in [9.17, 15) is 23.1 Å². The topological polar surface area (TPSA) is 94.8 Å². The lowest BCUT2D eigenvalue weighted by molar-refractivity contribution is -0.137. The van der Waals surface area contributed by atoms with Crippen LogP contribution in [0.5, 0.6) is 5.75 Å². The van der Waals surface area contributed by atoms with Crippen LogP contribution in [-0.4, -0.2) is 44.6 Å². The molecular weight excluding hydrogens is 523 g/mol. The van der Waals surface area contributed by atoms with Gasteiger partial charge in [-0.2, -0.15) is 13.2 Å². The molecule has 4 rings (SSSR count). The van der Waals surface area contributed by atoms with E-state index < -0.39 is 17.7 Å². The van der Waals surface area contributed by atoms with Crippen LogP contribution in [0.2, 0.25) is 5.02 Å². The molecule has 1 aromatic heterocycles. The lowest BCUT2D eigenvalue weighted by Crippen LogP contribution is -2.40. The van der Waals surface area contributed by atoms with Crippen molar-refractivity contribution in [1.29, 1.82) is 0 Å². The number of alkyl halides is 3. The van der Waals surface area contributed by atoms with E-state index in [1.807, 2.05) is 23.0 Å². The van der Waals surface area contributed by atoms with Crippen molar-refractivity contribution >= 4 is 23.5 Å². The summed E-state index contributed by atoms with van der Waals surface area (Å²) in [6, 6.07) is 11.9. The third-order valence-corrected chi connectivity index (χ3v) is 6.35. The van der Waals surface area contributed by atoms with Crippen molar-refractivity contribution in [3.63, 3.8) is 0 Å². The SMILES string of the molecule is CC(=O)O.O=C(NCc1ccc(Cl)cc1O)C1CCN(Cc2ccn(-c3ccc(C(F)(F)F)cc3)c2)CC1. The van der Waals surface area contributed by atoms with E-state index in [4.69, 9.17) is 21.5 Å². The molecule has 2 heterocycles. The Morgan fingerprint density at radius 3 is 2.29 bits per heavy atom. The Kier molecular flexibility index (Phi) is 9.82.